The third-order valence-electron chi connectivity index (χ3n) is 2.45. The molecule has 0 fully saturated rings. The lowest BCUT2D eigenvalue weighted by molar-refractivity contribution is 0.00314. The monoisotopic (exact) mass is 238 g/mol. The number of fused-ring (bicyclic) bond motifs is 1. The molecule has 2 rings (SSSR count). The number of benzene rings is 1. The first-order valence-corrected chi connectivity index (χ1v) is 5.52. The third kappa shape index (κ3) is 2.27. The summed E-state index contributed by atoms with van der Waals surface area (Å²) in [6.07, 6.45) is 1.90. The fourth-order valence-corrected chi connectivity index (χ4v) is 1.55. The highest BCUT2D eigenvalue weighted by Gasteiger charge is 2.27. The molecular formula is C12H14O5. The van der Waals surface area contributed by atoms with Gasteiger partial charge in [0.25, 0.3) is 0 Å². The number of hydrogen-bond donors (Lipinski definition) is 1. The summed E-state index contributed by atoms with van der Waals surface area (Å²) in [7, 11) is 0. The Morgan fingerprint density at radius 3 is 3.00 bits per heavy atom. The summed E-state index contributed by atoms with van der Waals surface area (Å²) >= 11 is 0. The zero-order valence-electron chi connectivity index (χ0n) is 9.56. The normalized spacial score (nSPS) is 13.6. The van der Waals surface area contributed by atoms with Crippen LogP contribution in [0.5, 0.6) is 17.2 Å². The summed E-state index contributed by atoms with van der Waals surface area (Å²) in [5.74, 6) is -0.0978. The van der Waals surface area contributed by atoms with Crippen LogP contribution in [-0.4, -0.2) is 24.5 Å². The Labute approximate surface area is 98.9 Å². The van der Waals surface area contributed by atoms with Crippen LogP contribution in [0.2, 0.25) is 0 Å². The Kier molecular flexibility index (Phi) is 3.37. The van der Waals surface area contributed by atoms with E-state index in [1.807, 2.05) is 6.92 Å². The molecule has 0 saturated carbocycles. The minimum Gasteiger partial charge on any atom is -0.504 e. The van der Waals surface area contributed by atoms with Gasteiger partial charge in [0.2, 0.25) is 6.79 Å². The Balaban J connectivity index is 2.30. The fourth-order valence-electron chi connectivity index (χ4n) is 1.55. The number of carbonyl (C=O) groups is 1. The number of cyclic esters (lactones) is 1. The van der Waals surface area contributed by atoms with Gasteiger partial charge >= 0.3 is 5.97 Å². The number of carbonyl (C=O) groups excluding carboxylic acids is 1. The zero-order chi connectivity index (χ0) is 12.3. The van der Waals surface area contributed by atoms with Crippen molar-refractivity contribution >= 4 is 5.97 Å². The summed E-state index contributed by atoms with van der Waals surface area (Å²) in [4.78, 5) is 11.6. The van der Waals surface area contributed by atoms with Gasteiger partial charge in [-0.25, -0.2) is 4.79 Å². The van der Waals surface area contributed by atoms with Crippen molar-refractivity contribution < 1.29 is 24.1 Å². The molecule has 1 aromatic rings. The Bertz CT molecular complexity index is 427. The summed E-state index contributed by atoms with van der Waals surface area (Å²) in [6, 6.07) is 2.98. The van der Waals surface area contributed by atoms with Crippen molar-refractivity contribution in [2.45, 2.75) is 19.8 Å². The van der Waals surface area contributed by atoms with Gasteiger partial charge in [-0.1, -0.05) is 13.3 Å². The predicted molar refractivity (Wildman–Crippen MR) is 59.4 cm³/mol. The quantitative estimate of drug-likeness (QED) is 0.642. The van der Waals surface area contributed by atoms with Crippen LogP contribution in [-0.2, 0) is 4.74 Å². The van der Waals surface area contributed by atoms with Gasteiger partial charge in [0.15, 0.2) is 11.5 Å². The van der Waals surface area contributed by atoms with Crippen LogP contribution in [0, 0.1) is 0 Å². The van der Waals surface area contributed by atoms with E-state index in [9.17, 15) is 9.90 Å². The van der Waals surface area contributed by atoms with E-state index >= 15 is 0 Å². The Hall–Kier alpha value is -1.91. The smallest absolute Gasteiger partial charge is 0.348 e. The van der Waals surface area contributed by atoms with Crippen molar-refractivity contribution in [2.24, 2.45) is 0 Å². The van der Waals surface area contributed by atoms with E-state index in [4.69, 9.17) is 14.2 Å². The maximum Gasteiger partial charge on any atom is 0.348 e. The summed E-state index contributed by atoms with van der Waals surface area (Å²) in [5.41, 5.74) is 0.160. The number of rotatable bonds is 4. The molecule has 92 valence electrons. The molecule has 5 heteroatoms. The van der Waals surface area contributed by atoms with Crippen molar-refractivity contribution in [1.29, 1.82) is 0 Å². The number of unbranched alkanes of at least 4 members (excludes halogenated alkanes) is 1. The second-order valence-electron chi connectivity index (χ2n) is 3.68. The van der Waals surface area contributed by atoms with Gasteiger partial charge in [-0.05, 0) is 18.6 Å². The first-order chi connectivity index (χ1) is 8.24. The minimum atomic E-state index is -0.534. The van der Waals surface area contributed by atoms with Crippen LogP contribution in [0.3, 0.4) is 0 Å². The van der Waals surface area contributed by atoms with Crippen molar-refractivity contribution in [3.05, 3.63) is 17.7 Å². The lowest BCUT2D eigenvalue weighted by Crippen LogP contribution is -2.19. The maximum atomic E-state index is 11.6. The highest BCUT2D eigenvalue weighted by atomic mass is 16.7. The molecule has 5 nitrogen and oxygen atoms in total. The van der Waals surface area contributed by atoms with Gasteiger partial charge in [0, 0.05) is 0 Å². The molecule has 0 amide bonds. The van der Waals surface area contributed by atoms with Crippen LogP contribution in [0.15, 0.2) is 12.1 Å². The van der Waals surface area contributed by atoms with Gasteiger partial charge in [-0.15, -0.1) is 0 Å². The molecule has 0 aliphatic carbocycles. The average Bonchev–Trinajstić information content (AvgIpc) is 2.33. The molecule has 1 N–H and O–H groups in total. The molecule has 0 aromatic heterocycles. The van der Waals surface area contributed by atoms with Crippen molar-refractivity contribution in [1.82, 2.24) is 0 Å². The number of hydrogen-bond acceptors (Lipinski definition) is 5. The van der Waals surface area contributed by atoms with Gasteiger partial charge < -0.3 is 19.3 Å². The molecule has 0 radical (unpaired) electrons. The maximum absolute atomic E-state index is 11.6. The summed E-state index contributed by atoms with van der Waals surface area (Å²) in [6.45, 7) is 2.38. The SMILES string of the molecule is CCCCOc1ccc(O)c2c1C(=O)OCO2. The number of aromatic hydroxyl groups is 1. The molecule has 0 saturated heterocycles. The molecular weight excluding hydrogens is 224 g/mol. The highest BCUT2D eigenvalue weighted by Crippen LogP contribution is 2.39. The first-order valence-electron chi connectivity index (χ1n) is 5.52. The molecule has 1 aliphatic rings. The number of ether oxygens (including phenoxy) is 3. The topological polar surface area (TPSA) is 65.0 Å². The van der Waals surface area contributed by atoms with Crippen LogP contribution in [0.25, 0.3) is 0 Å². The zero-order valence-corrected chi connectivity index (χ0v) is 9.56. The molecule has 0 atom stereocenters. The van der Waals surface area contributed by atoms with E-state index in [0.717, 1.165) is 12.8 Å². The van der Waals surface area contributed by atoms with E-state index in [1.54, 1.807) is 6.07 Å². The predicted octanol–water partition coefficient (Wildman–Crippen LogP) is 2.08. The van der Waals surface area contributed by atoms with Crippen LogP contribution < -0.4 is 9.47 Å². The van der Waals surface area contributed by atoms with E-state index in [1.165, 1.54) is 6.07 Å². The van der Waals surface area contributed by atoms with Crippen molar-refractivity contribution in [2.75, 3.05) is 13.4 Å². The number of phenols is 1. The van der Waals surface area contributed by atoms with Crippen molar-refractivity contribution in [3.63, 3.8) is 0 Å². The van der Waals surface area contributed by atoms with E-state index in [0.29, 0.717) is 12.4 Å². The summed E-state index contributed by atoms with van der Waals surface area (Å²) < 4.78 is 15.3. The average molecular weight is 238 g/mol. The lowest BCUT2D eigenvalue weighted by Gasteiger charge is -2.20. The highest BCUT2D eigenvalue weighted by molar-refractivity contribution is 5.97. The minimum absolute atomic E-state index is 0.0838. The molecule has 1 aromatic carbocycles. The van der Waals surface area contributed by atoms with Crippen LogP contribution >= 0.6 is 0 Å². The summed E-state index contributed by atoms with van der Waals surface area (Å²) in [5, 5.41) is 9.58. The van der Waals surface area contributed by atoms with Gasteiger partial charge in [0.05, 0.1) is 6.61 Å². The second-order valence-corrected chi connectivity index (χ2v) is 3.68. The van der Waals surface area contributed by atoms with E-state index < -0.39 is 5.97 Å². The van der Waals surface area contributed by atoms with Gasteiger partial charge in [0.1, 0.15) is 11.3 Å². The number of esters is 1. The van der Waals surface area contributed by atoms with Gasteiger partial charge in [-0.3, -0.25) is 0 Å². The van der Waals surface area contributed by atoms with Crippen LogP contribution in [0.1, 0.15) is 30.1 Å². The van der Waals surface area contributed by atoms with E-state index in [2.05, 4.69) is 0 Å². The largest absolute Gasteiger partial charge is 0.504 e. The Morgan fingerprint density at radius 1 is 1.41 bits per heavy atom. The molecule has 0 bridgehead atoms. The number of phenolic OH excluding ortho intramolecular Hbond substituents is 1. The standard InChI is InChI=1S/C12H14O5/c1-2-3-6-15-9-5-4-8(13)11-10(9)12(14)17-7-16-11/h4-5,13H,2-3,6-7H2,1H3. The van der Waals surface area contributed by atoms with Gasteiger partial charge in [-0.2, -0.15) is 0 Å². The van der Waals surface area contributed by atoms with E-state index in [-0.39, 0.29) is 23.9 Å². The lowest BCUT2D eigenvalue weighted by atomic mass is 10.1. The van der Waals surface area contributed by atoms with Crippen LogP contribution in [0.4, 0.5) is 0 Å². The fraction of sp³-hybridized carbons (Fsp3) is 0.417. The van der Waals surface area contributed by atoms with Crippen molar-refractivity contribution in [3.8, 4) is 17.2 Å². The molecule has 1 heterocycles. The molecule has 1 aliphatic heterocycles. The third-order valence-corrected chi connectivity index (χ3v) is 2.45. The molecule has 0 spiro atoms. The molecule has 17 heavy (non-hydrogen) atoms. The molecule has 0 unspecified atom stereocenters. The second kappa shape index (κ2) is 4.95. The Morgan fingerprint density at radius 2 is 2.24 bits per heavy atom. The first kappa shape index (κ1) is 11.6.